The largest absolute Gasteiger partial charge is 0.481 e. The van der Waals surface area contributed by atoms with Crippen molar-refractivity contribution in [1.82, 2.24) is 24.6 Å². The molecular formula is C18H23N5O4. The number of carbonyl (C=O) groups is 1. The van der Waals surface area contributed by atoms with Crippen molar-refractivity contribution in [1.29, 1.82) is 0 Å². The molecule has 0 aromatic carbocycles. The molecule has 1 amide bonds. The lowest BCUT2D eigenvalue weighted by atomic mass is 9.95. The molecule has 0 N–H and O–H groups in total. The van der Waals surface area contributed by atoms with Gasteiger partial charge >= 0.3 is 0 Å². The molecule has 0 unspecified atom stereocenters. The highest BCUT2D eigenvalue weighted by molar-refractivity contribution is 5.95. The SMILES string of the molecule is COc1cc(OC)nc(-n2nc3c(c2C(=O)N2CCOCC2)CCCC3)n1. The number of amides is 1. The Labute approximate surface area is 157 Å². The Bertz CT molecular complexity index is 822. The van der Waals surface area contributed by atoms with Gasteiger partial charge in [0, 0.05) is 18.7 Å². The van der Waals surface area contributed by atoms with Gasteiger partial charge in [0.25, 0.3) is 11.9 Å². The van der Waals surface area contributed by atoms with Gasteiger partial charge in [-0.3, -0.25) is 4.79 Å². The fourth-order valence-electron chi connectivity index (χ4n) is 3.53. The first-order chi connectivity index (χ1) is 13.2. The van der Waals surface area contributed by atoms with Gasteiger partial charge in [0.05, 0.1) is 39.2 Å². The van der Waals surface area contributed by atoms with Crippen molar-refractivity contribution in [3.05, 3.63) is 23.0 Å². The number of methoxy groups -OCH3 is 2. The van der Waals surface area contributed by atoms with Gasteiger partial charge in [0.15, 0.2) is 0 Å². The first-order valence-corrected chi connectivity index (χ1v) is 9.16. The Hall–Kier alpha value is -2.68. The molecule has 0 bridgehead atoms. The van der Waals surface area contributed by atoms with Gasteiger partial charge in [-0.05, 0) is 25.7 Å². The number of aryl methyl sites for hydroxylation is 1. The van der Waals surface area contributed by atoms with E-state index in [-0.39, 0.29) is 11.9 Å². The maximum absolute atomic E-state index is 13.3. The van der Waals surface area contributed by atoms with E-state index in [9.17, 15) is 4.79 Å². The predicted octanol–water partition coefficient (Wildman–Crippen LogP) is 1.03. The molecule has 0 spiro atoms. The van der Waals surface area contributed by atoms with Gasteiger partial charge in [-0.1, -0.05) is 0 Å². The van der Waals surface area contributed by atoms with Crippen LogP contribution in [0.1, 0.15) is 34.6 Å². The summed E-state index contributed by atoms with van der Waals surface area (Å²) >= 11 is 0. The van der Waals surface area contributed by atoms with E-state index < -0.39 is 0 Å². The highest BCUT2D eigenvalue weighted by Crippen LogP contribution is 2.28. The fourth-order valence-corrected chi connectivity index (χ4v) is 3.53. The van der Waals surface area contributed by atoms with Gasteiger partial charge < -0.3 is 19.1 Å². The topological polar surface area (TPSA) is 91.6 Å². The third-order valence-corrected chi connectivity index (χ3v) is 4.93. The number of hydrogen-bond donors (Lipinski definition) is 0. The highest BCUT2D eigenvalue weighted by atomic mass is 16.5. The third kappa shape index (κ3) is 3.34. The molecule has 9 nitrogen and oxygen atoms in total. The zero-order valence-corrected chi connectivity index (χ0v) is 15.6. The minimum absolute atomic E-state index is 0.0562. The number of carbonyl (C=O) groups excluding carboxylic acids is 1. The number of fused-ring (bicyclic) bond motifs is 1. The monoisotopic (exact) mass is 373 g/mol. The molecule has 0 radical (unpaired) electrons. The van der Waals surface area contributed by atoms with Crippen molar-refractivity contribution in [3.63, 3.8) is 0 Å². The first-order valence-electron chi connectivity index (χ1n) is 9.16. The molecule has 2 aliphatic rings. The third-order valence-electron chi connectivity index (χ3n) is 4.93. The summed E-state index contributed by atoms with van der Waals surface area (Å²) in [5.74, 6) is 0.932. The second-order valence-corrected chi connectivity index (χ2v) is 6.55. The van der Waals surface area contributed by atoms with Gasteiger partial charge in [-0.15, -0.1) is 0 Å². The smallest absolute Gasteiger partial charge is 0.273 e. The molecule has 2 aromatic heterocycles. The van der Waals surface area contributed by atoms with Crippen LogP contribution in [0.3, 0.4) is 0 Å². The minimum atomic E-state index is -0.0562. The van der Waals surface area contributed by atoms with E-state index in [4.69, 9.17) is 14.2 Å². The summed E-state index contributed by atoms with van der Waals surface area (Å²) in [5.41, 5.74) is 2.49. The second kappa shape index (κ2) is 7.51. The van der Waals surface area contributed by atoms with E-state index in [1.807, 2.05) is 4.90 Å². The molecule has 9 heteroatoms. The number of aromatic nitrogens is 4. The van der Waals surface area contributed by atoms with Crippen LogP contribution in [-0.2, 0) is 17.6 Å². The lowest BCUT2D eigenvalue weighted by molar-refractivity contribution is 0.0296. The number of morpholine rings is 1. The normalized spacial score (nSPS) is 16.7. The van der Waals surface area contributed by atoms with Gasteiger partial charge in [0.1, 0.15) is 5.69 Å². The Balaban J connectivity index is 1.83. The highest BCUT2D eigenvalue weighted by Gasteiger charge is 2.31. The van der Waals surface area contributed by atoms with Crippen molar-refractivity contribution in [2.24, 2.45) is 0 Å². The van der Waals surface area contributed by atoms with Crippen molar-refractivity contribution in [2.75, 3.05) is 40.5 Å². The van der Waals surface area contributed by atoms with E-state index in [1.165, 1.54) is 14.2 Å². The summed E-state index contributed by atoms with van der Waals surface area (Å²) in [7, 11) is 3.05. The van der Waals surface area contributed by atoms with E-state index in [0.717, 1.165) is 36.9 Å². The molecule has 144 valence electrons. The standard InChI is InChI=1S/C18H23N5O4/c1-25-14-11-15(26-2)20-18(19-14)23-16(12-5-3-4-6-13(12)21-23)17(24)22-7-9-27-10-8-22/h11H,3-10H2,1-2H3. The average molecular weight is 373 g/mol. The van der Waals surface area contributed by atoms with Gasteiger partial charge in [-0.25, -0.2) is 0 Å². The molecule has 3 heterocycles. The lowest BCUT2D eigenvalue weighted by Gasteiger charge is -2.27. The van der Waals surface area contributed by atoms with E-state index in [1.54, 1.807) is 10.7 Å². The van der Waals surface area contributed by atoms with Crippen molar-refractivity contribution in [2.45, 2.75) is 25.7 Å². The van der Waals surface area contributed by atoms with Crippen LogP contribution in [0.4, 0.5) is 0 Å². The van der Waals surface area contributed by atoms with Crippen LogP contribution in [0.25, 0.3) is 5.95 Å². The summed E-state index contributed by atoms with van der Waals surface area (Å²) < 4.78 is 17.4. The fraction of sp³-hybridized carbons (Fsp3) is 0.556. The van der Waals surface area contributed by atoms with Crippen molar-refractivity contribution in [3.8, 4) is 17.7 Å². The predicted molar refractivity (Wildman–Crippen MR) is 95.6 cm³/mol. The van der Waals surface area contributed by atoms with E-state index in [2.05, 4.69) is 15.1 Å². The molecule has 2 aromatic rings. The molecule has 1 saturated heterocycles. The van der Waals surface area contributed by atoms with E-state index >= 15 is 0 Å². The molecule has 0 atom stereocenters. The van der Waals surface area contributed by atoms with Crippen LogP contribution < -0.4 is 9.47 Å². The Morgan fingerprint density at radius 1 is 1.07 bits per heavy atom. The molecule has 4 rings (SSSR count). The molecule has 0 saturated carbocycles. The first kappa shape index (κ1) is 17.7. The van der Waals surface area contributed by atoms with Crippen LogP contribution >= 0.6 is 0 Å². The van der Waals surface area contributed by atoms with Gasteiger partial charge in [0.2, 0.25) is 11.8 Å². The average Bonchev–Trinajstić information content (AvgIpc) is 3.13. The van der Waals surface area contributed by atoms with Gasteiger partial charge in [-0.2, -0.15) is 19.7 Å². The quantitative estimate of drug-likeness (QED) is 0.790. The molecule has 1 fully saturated rings. The van der Waals surface area contributed by atoms with Crippen LogP contribution in [-0.4, -0.2) is 71.1 Å². The second-order valence-electron chi connectivity index (χ2n) is 6.55. The number of rotatable bonds is 4. The van der Waals surface area contributed by atoms with Crippen molar-refractivity contribution < 1.29 is 19.0 Å². The zero-order chi connectivity index (χ0) is 18.8. The number of nitrogens with zero attached hydrogens (tertiary/aromatic N) is 5. The maximum Gasteiger partial charge on any atom is 0.273 e. The summed E-state index contributed by atoms with van der Waals surface area (Å²) in [4.78, 5) is 23.9. The number of ether oxygens (including phenoxy) is 3. The molecule has 27 heavy (non-hydrogen) atoms. The van der Waals surface area contributed by atoms with E-state index in [0.29, 0.717) is 43.8 Å². The maximum atomic E-state index is 13.3. The molecule has 1 aliphatic carbocycles. The minimum Gasteiger partial charge on any atom is -0.481 e. The summed E-state index contributed by atoms with van der Waals surface area (Å²) in [6, 6.07) is 1.59. The summed E-state index contributed by atoms with van der Waals surface area (Å²) in [6.45, 7) is 2.24. The molecular weight excluding hydrogens is 350 g/mol. The van der Waals surface area contributed by atoms with Crippen LogP contribution in [0, 0.1) is 0 Å². The summed E-state index contributed by atoms with van der Waals surface area (Å²) in [5, 5.41) is 4.69. The van der Waals surface area contributed by atoms with Crippen molar-refractivity contribution >= 4 is 5.91 Å². The van der Waals surface area contributed by atoms with Crippen LogP contribution in [0.5, 0.6) is 11.8 Å². The number of hydrogen-bond acceptors (Lipinski definition) is 7. The van der Waals surface area contributed by atoms with Crippen LogP contribution in [0.15, 0.2) is 6.07 Å². The Morgan fingerprint density at radius 2 is 1.74 bits per heavy atom. The summed E-state index contributed by atoms with van der Waals surface area (Å²) in [6.07, 6.45) is 3.80. The lowest BCUT2D eigenvalue weighted by Crippen LogP contribution is -2.42. The van der Waals surface area contributed by atoms with Crippen LogP contribution in [0.2, 0.25) is 0 Å². The Kier molecular flexibility index (Phi) is 4.93. The zero-order valence-electron chi connectivity index (χ0n) is 15.6. The molecule has 1 aliphatic heterocycles. The Morgan fingerprint density at radius 3 is 2.41 bits per heavy atom.